The van der Waals surface area contributed by atoms with Crippen LogP contribution in [-0.4, -0.2) is 22.8 Å². The highest BCUT2D eigenvalue weighted by Crippen LogP contribution is 2.25. The minimum Gasteiger partial charge on any atom is -0.321 e. The highest BCUT2D eigenvalue weighted by Gasteiger charge is 2.15. The molecule has 0 aliphatic heterocycles. The first kappa shape index (κ1) is 20.9. The van der Waals surface area contributed by atoms with Gasteiger partial charge in [0.1, 0.15) is 5.82 Å². The summed E-state index contributed by atoms with van der Waals surface area (Å²) < 4.78 is 13.6. The number of allylic oxidation sites excluding steroid dienone is 3. The minimum atomic E-state index is -0.331. The molecule has 0 fully saturated rings. The van der Waals surface area contributed by atoms with Gasteiger partial charge in [0, 0.05) is 17.3 Å². The number of benzene rings is 3. The molecule has 2 N–H and O–H groups in total. The molecule has 1 aromatic heterocycles. The van der Waals surface area contributed by atoms with Gasteiger partial charge in [0.15, 0.2) is 5.69 Å². The van der Waals surface area contributed by atoms with E-state index in [0.717, 1.165) is 33.2 Å². The predicted octanol–water partition coefficient (Wildman–Crippen LogP) is 6.24. The van der Waals surface area contributed by atoms with Crippen LogP contribution in [-0.2, 0) is 0 Å². The van der Waals surface area contributed by atoms with Crippen molar-refractivity contribution in [3.63, 3.8) is 0 Å². The van der Waals surface area contributed by atoms with Crippen molar-refractivity contribution in [3.05, 3.63) is 102 Å². The smallest absolute Gasteiger partial charge is 0.276 e. The zero-order valence-corrected chi connectivity index (χ0v) is 17.5. The number of aromatic amines is 1. The van der Waals surface area contributed by atoms with Crippen LogP contribution in [0, 0.1) is 5.82 Å². The Balaban J connectivity index is 1.61. The second kappa shape index (κ2) is 9.22. The van der Waals surface area contributed by atoms with Gasteiger partial charge in [-0.3, -0.25) is 14.9 Å². The summed E-state index contributed by atoms with van der Waals surface area (Å²) in [5.41, 5.74) is 5.19. The summed E-state index contributed by atoms with van der Waals surface area (Å²) in [6.07, 6.45) is 5.34. The van der Waals surface area contributed by atoms with Crippen LogP contribution in [0.2, 0.25) is 0 Å². The van der Waals surface area contributed by atoms with E-state index in [1.54, 1.807) is 30.5 Å². The summed E-state index contributed by atoms with van der Waals surface area (Å²) in [6, 6.07) is 19.4. The van der Waals surface area contributed by atoms with Crippen LogP contribution < -0.4 is 5.32 Å². The van der Waals surface area contributed by atoms with Crippen molar-refractivity contribution in [2.45, 2.75) is 6.92 Å². The van der Waals surface area contributed by atoms with E-state index in [2.05, 4.69) is 27.2 Å². The van der Waals surface area contributed by atoms with Gasteiger partial charge < -0.3 is 5.32 Å². The molecule has 0 bridgehead atoms. The fourth-order valence-electron chi connectivity index (χ4n) is 3.41. The average molecular weight is 424 g/mol. The van der Waals surface area contributed by atoms with Gasteiger partial charge in [0.05, 0.1) is 5.52 Å². The topological polar surface area (TPSA) is 70.1 Å². The number of carbonyl (C=O) groups excluding carboxylic acids is 1. The number of amides is 1. The van der Waals surface area contributed by atoms with Crippen molar-refractivity contribution in [1.82, 2.24) is 10.2 Å². The quantitative estimate of drug-likeness (QED) is 0.284. The molecule has 0 unspecified atom stereocenters. The van der Waals surface area contributed by atoms with Crippen LogP contribution in [0.25, 0.3) is 27.6 Å². The molecule has 4 rings (SSSR count). The number of nitrogens with zero attached hydrogens (tertiary/aromatic N) is 2. The zero-order valence-electron chi connectivity index (χ0n) is 17.5. The maximum absolute atomic E-state index is 13.6. The summed E-state index contributed by atoms with van der Waals surface area (Å²) in [5, 5.41) is 10.7. The van der Waals surface area contributed by atoms with Crippen molar-refractivity contribution in [1.29, 1.82) is 0 Å². The fourth-order valence-corrected chi connectivity index (χ4v) is 3.41. The number of halogens is 1. The SMILES string of the molecule is C=N/C=C\C=C(/C)c1ccc2[nH]nc(C(=O)Nc3cccc(-c4cccc(F)c4)c3)c2c1. The predicted molar refractivity (Wildman–Crippen MR) is 128 cm³/mol. The molecule has 0 aliphatic carbocycles. The number of rotatable bonds is 6. The van der Waals surface area contributed by atoms with E-state index in [4.69, 9.17) is 0 Å². The Morgan fingerprint density at radius 3 is 2.66 bits per heavy atom. The van der Waals surface area contributed by atoms with Gasteiger partial charge in [0.2, 0.25) is 0 Å². The van der Waals surface area contributed by atoms with Gasteiger partial charge in [-0.1, -0.05) is 36.4 Å². The summed E-state index contributed by atoms with van der Waals surface area (Å²) in [7, 11) is 0. The number of hydrogen-bond acceptors (Lipinski definition) is 3. The van der Waals surface area contributed by atoms with Gasteiger partial charge in [0.25, 0.3) is 5.91 Å². The maximum Gasteiger partial charge on any atom is 0.276 e. The Morgan fingerprint density at radius 2 is 1.88 bits per heavy atom. The van der Waals surface area contributed by atoms with Crippen molar-refractivity contribution >= 4 is 34.8 Å². The molecule has 32 heavy (non-hydrogen) atoms. The molecule has 5 nitrogen and oxygen atoms in total. The monoisotopic (exact) mass is 424 g/mol. The largest absolute Gasteiger partial charge is 0.321 e. The maximum atomic E-state index is 13.6. The number of nitrogens with one attached hydrogen (secondary N) is 2. The van der Waals surface area contributed by atoms with Crippen LogP contribution in [0.3, 0.4) is 0 Å². The lowest BCUT2D eigenvalue weighted by molar-refractivity contribution is 0.102. The summed E-state index contributed by atoms with van der Waals surface area (Å²) in [4.78, 5) is 16.7. The number of carbonyl (C=O) groups is 1. The fraction of sp³-hybridized carbons (Fsp3) is 0.0385. The molecule has 0 radical (unpaired) electrons. The molecule has 0 saturated heterocycles. The zero-order chi connectivity index (χ0) is 22.5. The average Bonchev–Trinajstić information content (AvgIpc) is 3.23. The summed E-state index contributed by atoms with van der Waals surface area (Å²) in [6.45, 7) is 5.39. The molecular weight excluding hydrogens is 403 g/mol. The Bertz CT molecular complexity index is 1370. The Labute approximate surface area is 185 Å². The Hall–Kier alpha value is -4.32. The number of hydrogen-bond donors (Lipinski definition) is 2. The Morgan fingerprint density at radius 1 is 1.09 bits per heavy atom. The second-order valence-electron chi connectivity index (χ2n) is 7.25. The normalized spacial score (nSPS) is 11.8. The number of fused-ring (bicyclic) bond motifs is 1. The van der Waals surface area contributed by atoms with Gasteiger partial charge in [-0.25, -0.2) is 4.39 Å². The first-order chi connectivity index (χ1) is 15.5. The van der Waals surface area contributed by atoms with Gasteiger partial charge in [-0.2, -0.15) is 5.10 Å². The summed E-state index contributed by atoms with van der Waals surface area (Å²) in [5.74, 6) is -0.640. The molecule has 4 aromatic rings. The van der Waals surface area contributed by atoms with E-state index in [1.807, 2.05) is 49.4 Å². The van der Waals surface area contributed by atoms with Gasteiger partial charge >= 0.3 is 0 Å². The molecule has 6 heteroatoms. The minimum absolute atomic E-state index is 0.300. The van der Waals surface area contributed by atoms with Crippen molar-refractivity contribution in [2.24, 2.45) is 4.99 Å². The molecule has 1 amide bonds. The highest BCUT2D eigenvalue weighted by atomic mass is 19.1. The number of aliphatic imine (C=N–C) groups is 1. The van der Waals surface area contributed by atoms with Crippen molar-refractivity contribution in [2.75, 3.05) is 5.32 Å². The molecular formula is C26H21FN4O. The number of aromatic nitrogens is 2. The van der Waals surface area contributed by atoms with E-state index in [9.17, 15) is 9.18 Å². The Kier molecular flexibility index (Phi) is 6.03. The molecule has 0 atom stereocenters. The molecule has 0 aliphatic rings. The van der Waals surface area contributed by atoms with E-state index in [1.165, 1.54) is 12.1 Å². The van der Waals surface area contributed by atoms with E-state index >= 15 is 0 Å². The van der Waals surface area contributed by atoms with Gasteiger partial charge in [-0.05, 0) is 78.4 Å². The highest BCUT2D eigenvalue weighted by molar-refractivity contribution is 6.11. The van der Waals surface area contributed by atoms with E-state index < -0.39 is 0 Å². The third-order valence-electron chi connectivity index (χ3n) is 5.05. The first-order valence-corrected chi connectivity index (χ1v) is 10.0. The van der Waals surface area contributed by atoms with Crippen LogP contribution in [0.5, 0.6) is 0 Å². The lowest BCUT2D eigenvalue weighted by Gasteiger charge is -2.07. The van der Waals surface area contributed by atoms with E-state index in [0.29, 0.717) is 11.4 Å². The van der Waals surface area contributed by atoms with Crippen molar-refractivity contribution in [3.8, 4) is 11.1 Å². The molecule has 0 saturated carbocycles. The first-order valence-electron chi connectivity index (χ1n) is 10.0. The van der Waals surface area contributed by atoms with Crippen LogP contribution in [0.15, 0.2) is 90.1 Å². The molecule has 3 aromatic carbocycles. The number of H-pyrrole nitrogens is 1. The summed E-state index contributed by atoms with van der Waals surface area (Å²) >= 11 is 0. The van der Waals surface area contributed by atoms with Crippen molar-refractivity contribution < 1.29 is 9.18 Å². The lowest BCUT2D eigenvalue weighted by atomic mass is 10.0. The third-order valence-corrected chi connectivity index (χ3v) is 5.05. The van der Waals surface area contributed by atoms with Crippen LogP contribution in [0.4, 0.5) is 10.1 Å². The lowest BCUT2D eigenvalue weighted by Crippen LogP contribution is -2.12. The van der Waals surface area contributed by atoms with Crippen LogP contribution >= 0.6 is 0 Å². The molecule has 0 spiro atoms. The second-order valence-corrected chi connectivity index (χ2v) is 7.25. The third kappa shape index (κ3) is 4.54. The molecule has 1 heterocycles. The molecule has 158 valence electrons. The van der Waals surface area contributed by atoms with E-state index in [-0.39, 0.29) is 11.7 Å². The van der Waals surface area contributed by atoms with Crippen LogP contribution in [0.1, 0.15) is 23.0 Å². The number of anilines is 1. The standard InChI is InChI=1S/C26H21FN4O/c1-17(6-5-13-28-2)18-11-12-24-23(16-18)25(31-30-24)26(32)29-22-10-4-8-20(15-22)19-7-3-9-21(27)14-19/h3-16H,2H2,1H3,(H,29,32)(H,30,31)/b13-5-,17-6+. The van der Waals surface area contributed by atoms with Gasteiger partial charge in [-0.15, -0.1) is 0 Å².